The number of methoxy groups -OCH3 is 1. The predicted octanol–water partition coefficient (Wildman–Crippen LogP) is 2.14. The number of thioether (sulfide) groups is 1. The van der Waals surface area contributed by atoms with Crippen molar-refractivity contribution in [3.05, 3.63) is 0 Å². The van der Waals surface area contributed by atoms with Gasteiger partial charge < -0.3 is 10.1 Å². The van der Waals surface area contributed by atoms with Crippen LogP contribution in [-0.4, -0.2) is 37.8 Å². The Labute approximate surface area is 92.2 Å². The highest BCUT2D eigenvalue weighted by Crippen LogP contribution is 2.32. The van der Waals surface area contributed by atoms with Crippen molar-refractivity contribution in [1.82, 2.24) is 5.32 Å². The highest BCUT2D eigenvalue weighted by molar-refractivity contribution is 7.99. The molecule has 0 saturated heterocycles. The molecule has 0 aliphatic heterocycles. The standard InChI is InChI=1S/C11H23NOS/c1-9-4-5-10(12-2)11(8-9)14-7-6-13-3/h9-12H,4-8H2,1-3H3. The summed E-state index contributed by atoms with van der Waals surface area (Å²) in [6, 6.07) is 0.716. The van der Waals surface area contributed by atoms with Crippen LogP contribution in [0.1, 0.15) is 26.2 Å². The summed E-state index contributed by atoms with van der Waals surface area (Å²) in [6.45, 7) is 3.25. The molecule has 1 rings (SSSR count). The maximum absolute atomic E-state index is 5.09. The third kappa shape index (κ3) is 3.79. The Balaban J connectivity index is 2.29. The van der Waals surface area contributed by atoms with Crippen LogP contribution in [0.4, 0.5) is 0 Å². The molecule has 3 heteroatoms. The van der Waals surface area contributed by atoms with Gasteiger partial charge in [-0.15, -0.1) is 0 Å². The number of nitrogens with one attached hydrogen (secondary N) is 1. The Morgan fingerprint density at radius 3 is 2.86 bits per heavy atom. The molecular formula is C11H23NOS. The van der Waals surface area contributed by atoms with Gasteiger partial charge in [0.25, 0.3) is 0 Å². The van der Waals surface area contributed by atoms with Gasteiger partial charge in [0.1, 0.15) is 0 Å². The molecule has 2 nitrogen and oxygen atoms in total. The van der Waals surface area contributed by atoms with Crippen molar-refractivity contribution in [1.29, 1.82) is 0 Å². The summed E-state index contributed by atoms with van der Waals surface area (Å²) in [5.74, 6) is 2.03. The number of hydrogen-bond acceptors (Lipinski definition) is 3. The number of rotatable bonds is 5. The molecule has 1 aliphatic carbocycles. The molecule has 0 radical (unpaired) electrons. The fourth-order valence-electron chi connectivity index (χ4n) is 2.13. The van der Waals surface area contributed by atoms with E-state index in [4.69, 9.17) is 4.74 Å². The van der Waals surface area contributed by atoms with Crippen LogP contribution in [0.3, 0.4) is 0 Å². The summed E-state index contributed by atoms with van der Waals surface area (Å²) in [5.41, 5.74) is 0. The van der Waals surface area contributed by atoms with Gasteiger partial charge in [0.15, 0.2) is 0 Å². The summed E-state index contributed by atoms with van der Waals surface area (Å²) >= 11 is 2.07. The Bertz CT molecular complexity index is 154. The first-order valence-electron chi connectivity index (χ1n) is 5.55. The molecule has 0 aromatic heterocycles. The van der Waals surface area contributed by atoms with Crippen molar-refractivity contribution >= 4 is 11.8 Å². The molecule has 1 fully saturated rings. The monoisotopic (exact) mass is 217 g/mol. The van der Waals surface area contributed by atoms with Crippen molar-refractivity contribution in [3.8, 4) is 0 Å². The molecule has 1 saturated carbocycles. The van der Waals surface area contributed by atoms with E-state index in [0.717, 1.165) is 23.5 Å². The molecule has 1 aliphatic rings. The minimum Gasteiger partial charge on any atom is -0.384 e. The molecule has 0 spiro atoms. The average molecular weight is 217 g/mol. The zero-order valence-electron chi connectivity index (χ0n) is 9.58. The van der Waals surface area contributed by atoms with E-state index in [0.29, 0.717) is 6.04 Å². The van der Waals surface area contributed by atoms with Gasteiger partial charge in [-0.1, -0.05) is 6.92 Å². The maximum atomic E-state index is 5.09. The second kappa shape index (κ2) is 6.70. The van der Waals surface area contributed by atoms with E-state index in [1.807, 2.05) is 0 Å². The lowest BCUT2D eigenvalue weighted by Gasteiger charge is -2.34. The molecule has 1 N–H and O–H groups in total. The van der Waals surface area contributed by atoms with E-state index < -0.39 is 0 Å². The topological polar surface area (TPSA) is 21.3 Å². The lowest BCUT2D eigenvalue weighted by atomic mass is 9.87. The molecule has 3 atom stereocenters. The van der Waals surface area contributed by atoms with Crippen LogP contribution in [-0.2, 0) is 4.74 Å². The molecule has 0 amide bonds. The van der Waals surface area contributed by atoms with Crippen LogP contribution in [0.5, 0.6) is 0 Å². The van der Waals surface area contributed by atoms with E-state index in [2.05, 4.69) is 31.1 Å². The summed E-state index contributed by atoms with van der Waals surface area (Å²) in [6.07, 6.45) is 4.08. The third-order valence-electron chi connectivity index (χ3n) is 3.04. The first-order valence-corrected chi connectivity index (χ1v) is 6.60. The van der Waals surface area contributed by atoms with E-state index in [1.165, 1.54) is 19.3 Å². The summed E-state index contributed by atoms with van der Waals surface area (Å²) in [5, 5.41) is 4.23. The zero-order chi connectivity index (χ0) is 10.4. The van der Waals surface area contributed by atoms with Gasteiger partial charge in [0.2, 0.25) is 0 Å². The number of ether oxygens (including phenoxy) is 1. The van der Waals surface area contributed by atoms with Gasteiger partial charge in [-0.25, -0.2) is 0 Å². The van der Waals surface area contributed by atoms with Crippen LogP contribution >= 0.6 is 11.8 Å². The van der Waals surface area contributed by atoms with Crippen LogP contribution < -0.4 is 5.32 Å². The molecule has 14 heavy (non-hydrogen) atoms. The largest absolute Gasteiger partial charge is 0.384 e. The fourth-order valence-corrected chi connectivity index (χ4v) is 3.66. The van der Waals surface area contributed by atoms with E-state index in [9.17, 15) is 0 Å². The Morgan fingerprint density at radius 2 is 2.21 bits per heavy atom. The minimum atomic E-state index is 0.716. The molecule has 3 unspecified atom stereocenters. The van der Waals surface area contributed by atoms with Crippen LogP contribution in [0.25, 0.3) is 0 Å². The highest BCUT2D eigenvalue weighted by Gasteiger charge is 2.27. The van der Waals surface area contributed by atoms with E-state index in [-0.39, 0.29) is 0 Å². The van der Waals surface area contributed by atoms with E-state index >= 15 is 0 Å². The van der Waals surface area contributed by atoms with Crippen molar-refractivity contribution < 1.29 is 4.74 Å². The molecule has 0 aromatic rings. The second-order valence-electron chi connectivity index (χ2n) is 4.22. The lowest BCUT2D eigenvalue weighted by molar-refractivity contribution is 0.218. The normalized spacial score (nSPS) is 33.2. The van der Waals surface area contributed by atoms with Gasteiger partial charge in [-0.2, -0.15) is 11.8 Å². The quantitative estimate of drug-likeness (QED) is 0.713. The van der Waals surface area contributed by atoms with Crippen LogP contribution in [0.15, 0.2) is 0 Å². The minimum absolute atomic E-state index is 0.716. The van der Waals surface area contributed by atoms with Gasteiger partial charge in [-0.05, 0) is 32.2 Å². The molecule has 0 aromatic carbocycles. The second-order valence-corrected chi connectivity index (χ2v) is 5.56. The maximum Gasteiger partial charge on any atom is 0.0553 e. The van der Waals surface area contributed by atoms with Gasteiger partial charge in [-0.3, -0.25) is 0 Å². The molecular weight excluding hydrogens is 194 g/mol. The van der Waals surface area contributed by atoms with Gasteiger partial charge >= 0.3 is 0 Å². The third-order valence-corrected chi connectivity index (χ3v) is 4.40. The van der Waals surface area contributed by atoms with Gasteiger partial charge in [0, 0.05) is 24.2 Å². The zero-order valence-corrected chi connectivity index (χ0v) is 10.4. The summed E-state index contributed by atoms with van der Waals surface area (Å²) in [7, 11) is 3.87. The van der Waals surface area contributed by atoms with Gasteiger partial charge in [0.05, 0.1) is 6.61 Å². The Morgan fingerprint density at radius 1 is 1.43 bits per heavy atom. The first-order chi connectivity index (χ1) is 6.77. The average Bonchev–Trinajstić information content (AvgIpc) is 2.19. The van der Waals surface area contributed by atoms with Crippen LogP contribution in [0.2, 0.25) is 0 Å². The fraction of sp³-hybridized carbons (Fsp3) is 1.00. The first kappa shape index (κ1) is 12.3. The van der Waals surface area contributed by atoms with Crippen molar-refractivity contribution in [3.63, 3.8) is 0 Å². The smallest absolute Gasteiger partial charge is 0.0553 e. The summed E-state index contributed by atoms with van der Waals surface area (Å²) < 4.78 is 5.09. The Kier molecular flexibility index (Phi) is 5.90. The molecule has 0 heterocycles. The summed E-state index contributed by atoms with van der Waals surface area (Å²) in [4.78, 5) is 0. The van der Waals surface area contributed by atoms with Crippen molar-refractivity contribution in [2.45, 2.75) is 37.5 Å². The lowest BCUT2D eigenvalue weighted by Crippen LogP contribution is -2.40. The van der Waals surface area contributed by atoms with Crippen LogP contribution in [0, 0.1) is 5.92 Å². The highest BCUT2D eigenvalue weighted by atomic mass is 32.2. The van der Waals surface area contributed by atoms with Crippen molar-refractivity contribution in [2.24, 2.45) is 5.92 Å². The molecule has 0 bridgehead atoms. The SMILES string of the molecule is CNC1CCC(C)CC1SCCOC. The number of hydrogen-bond donors (Lipinski definition) is 1. The van der Waals surface area contributed by atoms with Crippen molar-refractivity contribution in [2.75, 3.05) is 26.5 Å². The predicted molar refractivity (Wildman–Crippen MR) is 64.0 cm³/mol. The van der Waals surface area contributed by atoms with E-state index in [1.54, 1.807) is 7.11 Å². The Hall–Kier alpha value is 0.270. The molecule has 84 valence electrons.